The summed E-state index contributed by atoms with van der Waals surface area (Å²) >= 11 is 6.12. The second-order valence-electron chi connectivity index (χ2n) is 8.20. The quantitative estimate of drug-likeness (QED) is 0.724. The van der Waals surface area contributed by atoms with Crippen molar-refractivity contribution in [1.82, 2.24) is 9.21 Å². The molecule has 162 valence electrons. The fourth-order valence-electron chi connectivity index (χ4n) is 2.80. The van der Waals surface area contributed by atoms with Crippen molar-refractivity contribution in [2.45, 2.75) is 32.1 Å². The van der Waals surface area contributed by atoms with Crippen LogP contribution in [0.1, 0.15) is 27.2 Å². The van der Waals surface area contributed by atoms with Gasteiger partial charge in [-0.15, -0.1) is 0 Å². The van der Waals surface area contributed by atoms with Crippen LogP contribution in [0.4, 0.5) is 5.69 Å². The molecule has 0 atom stereocenters. The Morgan fingerprint density at radius 2 is 1.86 bits per heavy atom. The van der Waals surface area contributed by atoms with Crippen LogP contribution in [0.15, 0.2) is 23.1 Å². The molecule has 1 heterocycles. The lowest BCUT2D eigenvalue weighted by molar-refractivity contribution is -0.134. The highest BCUT2D eigenvalue weighted by Crippen LogP contribution is 2.28. The first kappa shape index (κ1) is 23.6. The van der Waals surface area contributed by atoms with Crippen molar-refractivity contribution in [3.05, 3.63) is 23.2 Å². The molecule has 29 heavy (non-hydrogen) atoms. The number of hydrogen-bond donors (Lipinski definition) is 1. The Morgan fingerprint density at radius 3 is 2.45 bits per heavy atom. The van der Waals surface area contributed by atoms with Crippen molar-refractivity contribution < 1.29 is 22.7 Å². The normalized spacial score (nSPS) is 15.8. The summed E-state index contributed by atoms with van der Waals surface area (Å²) in [6.07, 6.45) is 0.319. The minimum atomic E-state index is -3.80. The summed E-state index contributed by atoms with van der Waals surface area (Å²) < 4.78 is 32.2. The third kappa shape index (κ3) is 6.67. The number of sulfonamides is 1. The number of halogens is 1. The highest BCUT2D eigenvalue weighted by Gasteiger charge is 2.29. The zero-order chi connectivity index (χ0) is 21.8. The monoisotopic (exact) mass is 445 g/mol. The first-order valence-electron chi connectivity index (χ1n) is 9.31. The van der Waals surface area contributed by atoms with E-state index in [0.717, 1.165) is 0 Å². The van der Waals surface area contributed by atoms with E-state index in [2.05, 4.69) is 5.32 Å². The summed E-state index contributed by atoms with van der Waals surface area (Å²) in [4.78, 5) is 25.8. The number of rotatable bonds is 6. The van der Waals surface area contributed by atoms with Crippen LogP contribution in [0.3, 0.4) is 0 Å². The van der Waals surface area contributed by atoms with Crippen molar-refractivity contribution in [1.29, 1.82) is 0 Å². The number of likely N-dealkylation sites (N-methyl/N-ethyl adjacent to an activating group) is 1. The first-order chi connectivity index (χ1) is 13.4. The van der Waals surface area contributed by atoms with E-state index in [1.54, 1.807) is 7.05 Å². The highest BCUT2D eigenvalue weighted by atomic mass is 35.5. The molecule has 2 rings (SSSR count). The van der Waals surface area contributed by atoms with Crippen molar-refractivity contribution in [3.63, 3.8) is 0 Å². The third-order valence-electron chi connectivity index (χ3n) is 4.29. The number of morpholine rings is 1. The highest BCUT2D eigenvalue weighted by molar-refractivity contribution is 7.89. The van der Waals surface area contributed by atoms with E-state index in [4.69, 9.17) is 16.3 Å². The topological polar surface area (TPSA) is 96.0 Å². The average Bonchev–Trinajstić information content (AvgIpc) is 2.62. The number of benzene rings is 1. The van der Waals surface area contributed by atoms with Gasteiger partial charge in [0.2, 0.25) is 21.8 Å². The first-order valence-corrected chi connectivity index (χ1v) is 11.1. The fraction of sp³-hybridized carbons (Fsp3) is 0.579. The molecule has 0 aromatic heterocycles. The average molecular weight is 446 g/mol. The maximum absolute atomic E-state index is 12.9. The van der Waals surface area contributed by atoms with Crippen molar-refractivity contribution in [2.75, 3.05) is 45.2 Å². The smallest absolute Gasteiger partial charge is 0.244 e. The van der Waals surface area contributed by atoms with Gasteiger partial charge in [0.05, 0.1) is 24.8 Å². The third-order valence-corrected chi connectivity index (χ3v) is 6.67. The molecule has 2 amide bonds. The van der Waals surface area contributed by atoms with E-state index in [1.807, 2.05) is 20.8 Å². The molecule has 1 fully saturated rings. The molecule has 1 aliphatic heterocycles. The predicted molar refractivity (Wildman–Crippen MR) is 111 cm³/mol. The number of anilines is 1. The number of ether oxygens (including phenoxy) is 1. The molecule has 1 N–H and O–H groups in total. The maximum Gasteiger partial charge on any atom is 0.244 e. The molecule has 1 aromatic carbocycles. The number of amides is 2. The van der Waals surface area contributed by atoms with Gasteiger partial charge in [0.25, 0.3) is 0 Å². The van der Waals surface area contributed by atoms with E-state index in [-0.39, 0.29) is 40.9 Å². The minimum absolute atomic E-state index is 0.0731. The SMILES string of the molecule is CN(CC(=O)Nc1ccc(Cl)c(S(=O)(=O)N2CCOCC2)c1)C(=O)CC(C)(C)C. The summed E-state index contributed by atoms with van der Waals surface area (Å²) in [5.74, 6) is -0.564. The summed E-state index contributed by atoms with van der Waals surface area (Å²) in [5, 5.41) is 2.71. The van der Waals surface area contributed by atoms with Gasteiger partial charge in [0, 0.05) is 32.2 Å². The standard InChI is InChI=1S/C19H28ClN3O5S/c1-19(2,3)12-18(25)22(4)13-17(24)21-14-5-6-15(20)16(11-14)29(26,27)23-7-9-28-10-8-23/h5-6,11H,7-10,12-13H2,1-4H3,(H,21,24). The van der Waals surface area contributed by atoms with Crippen molar-refractivity contribution >= 4 is 39.1 Å². The van der Waals surface area contributed by atoms with E-state index in [1.165, 1.54) is 27.4 Å². The van der Waals surface area contributed by atoms with Crippen molar-refractivity contribution in [2.24, 2.45) is 5.41 Å². The van der Waals surface area contributed by atoms with Crippen LogP contribution in [-0.2, 0) is 24.3 Å². The molecule has 0 radical (unpaired) electrons. The number of carbonyl (C=O) groups is 2. The zero-order valence-electron chi connectivity index (χ0n) is 17.2. The van der Waals surface area contributed by atoms with E-state index in [0.29, 0.717) is 25.3 Å². The molecular formula is C19H28ClN3O5S. The van der Waals surface area contributed by atoms with Gasteiger partial charge in [-0.1, -0.05) is 32.4 Å². The van der Waals surface area contributed by atoms with Gasteiger partial charge in [-0.05, 0) is 23.6 Å². The summed E-state index contributed by atoms with van der Waals surface area (Å²) in [7, 11) is -2.24. The molecule has 1 aliphatic rings. The second-order valence-corrected chi connectivity index (χ2v) is 10.5. The van der Waals surface area contributed by atoms with Crippen LogP contribution < -0.4 is 5.32 Å². The lowest BCUT2D eigenvalue weighted by atomic mass is 9.92. The molecule has 0 unspecified atom stereocenters. The minimum Gasteiger partial charge on any atom is -0.379 e. The van der Waals surface area contributed by atoms with E-state index >= 15 is 0 Å². The maximum atomic E-state index is 12.9. The van der Waals surface area contributed by atoms with Gasteiger partial charge in [0.15, 0.2) is 0 Å². The Morgan fingerprint density at radius 1 is 1.24 bits per heavy atom. The molecule has 10 heteroatoms. The number of carbonyl (C=O) groups excluding carboxylic acids is 2. The Kier molecular flexibility index (Phi) is 7.67. The number of hydrogen-bond acceptors (Lipinski definition) is 5. The molecule has 8 nitrogen and oxygen atoms in total. The number of nitrogens with one attached hydrogen (secondary N) is 1. The Hall–Kier alpha value is -1.68. The lowest BCUT2D eigenvalue weighted by Crippen LogP contribution is -2.40. The van der Waals surface area contributed by atoms with E-state index < -0.39 is 15.9 Å². The van der Waals surface area contributed by atoms with Gasteiger partial charge in [-0.3, -0.25) is 9.59 Å². The molecule has 0 spiro atoms. The molecule has 1 saturated heterocycles. The van der Waals surface area contributed by atoms with Crippen LogP contribution in [-0.4, -0.2) is 69.3 Å². The van der Waals surface area contributed by atoms with Crippen LogP contribution in [0, 0.1) is 5.41 Å². The second kappa shape index (κ2) is 9.42. The van der Waals surface area contributed by atoms with Crippen molar-refractivity contribution in [3.8, 4) is 0 Å². The lowest BCUT2D eigenvalue weighted by Gasteiger charge is -2.26. The van der Waals surface area contributed by atoms with Gasteiger partial charge in [-0.25, -0.2) is 8.42 Å². The molecule has 0 saturated carbocycles. The molecular weight excluding hydrogens is 418 g/mol. The Bertz CT molecular complexity index is 861. The molecule has 0 aliphatic carbocycles. The summed E-state index contributed by atoms with van der Waals surface area (Å²) in [5.41, 5.74) is 0.115. The Labute approximate surface area is 177 Å². The Balaban J connectivity index is 2.09. The van der Waals surface area contributed by atoms with Gasteiger partial charge >= 0.3 is 0 Å². The molecule has 1 aromatic rings. The largest absolute Gasteiger partial charge is 0.379 e. The predicted octanol–water partition coefficient (Wildman–Crippen LogP) is 2.19. The fourth-order valence-corrected chi connectivity index (χ4v) is 4.71. The van der Waals surface area contributed by atoms with E-state index in [9.17, 15) is 18.0 Å². The molecule has 0 bridgehead atoms. The van der Waals surface area contributed by atoms with Crippen LogP contribution >= 0.6 is 11.6 Å². The van der Waals surface area contributed by atoms with Gasteiger partial charge in [0.1, 0.15) is 4.90 Å². The number of nitrogens with zero attached hydrogens (tertiary/aromatic N) is 2. The van der Waals surface area contributed by atoms with Crippen LogP contribution in [0.5, 0.6) is 0 Å². The van der Waals surface area contributed by atoms with Gasteiger partial charge in [-0.2, -0.15) is 4.31 Å². The van der Waals surface area contributed by atoms with Crippen LogP contribution in [0.2, 0.25) is 5.02 Å². The summed E-state index contributed by atoms with van der Waals surface area (Å²) in [6.45, 7) is 6.84. The summed E-state index contributed by atoms with van der Waals surface area (Å²) in [6, 6.07) is 4.29. The zero-order valence-corrected chi connectivity index (χ0v) is 18.8. The van der Waals surface area contributed by atoms with Crippen LogP contribution in [0.25, 0.3) is 0 Å². The van der Waals surface area contributed by atoms with Gasteiger partial charge < -0.3 is 15.0 Å².